The Morgan fingerprint density at radius 3 is 1.61 bits per heavy atom. The molecule has 1 heterocycles. The van der Waals surface area contributed by atoms with Gasteiger partial charge in [0.25, 0.3) is 0 Å². The molecule has 0 saturated heterocycles. The number of alkyl halides is 1. The summed E-state index contributed by atoms with van der Waals surface area (Å²) in [6.07, 6.45) is 0. The smallest absolute Gasteiger partial charge is 0.183 e. The molecule has 5 aromatic carbocycles. The van der Waals surface area contributed by atoms with Crippen LogP contribution in [0.4, 0.5) is 0 Å². The number of hydrogen-bond acceptors (Lipinski definition) is 3. The van der Waals surface area contributed by atoms with Crippen LogP contribution < -0.4 is 0 Å². The maximum atomic E-state index is 4.67. The van der Waals surface area contributed by atoms with Crippen LogP contribution in [0.1, 0.15) is 22.3 Å². The van der Waals surface area contributed by atoms with Crippen molar-refractivity contribution in [3.63, 3.8) is 0 Å². The van der Waals surface area contributed by atoms with Crippen molar-refractivity contribution < 1.29 is 0 Å². The summed E-state index contributed by atoms with van der Waals surface area (Å²) in [5, 5.41) is 14.3. The van der Waals surface area contributed by atoms with E-state index in [0.717, 1.165) is 38.7 Å². The summed E-state index contributed by atoms with van der Waals surface area (Å²) in [5.41, 5.74) is 6.90. The van der Waals surface area contributed by atoms with Crippen molar-refractivity contribution in [1.29, 1.82) is 0 Å². The minimum absolute atomic E-state index is 0.695. The third kappa shape index (κ3) is 4.25. The Hall–Kier alpha value is -4.35. The van der Waals surface area contributed by atoms with Crippen LogP contribution in [0.25, 0.3) is 22.5 Å². The van der Waals surface area contributed by atoms with Gasteiger partial charge in [0.15, 0.2) is 5.82 Å². The Balaban J connectivity index is 1.60. The standard InChI is InChI=1S/C33H25BrN4/c34-24-25-19-21-26(22-20-25)27-11-10-12-28(23-27)32-35-36-37-38(32)33(29-13-4-1-5-14-29,30-15-6-2-7-16-30)31-17-8-3-9-18-31/h1-23H,24H2. The molecular weight excluding hydrogens is 532 g/mol. The zero-order chi connectivity index (χ0) is 25.8. The molecule has 4 nitrogen and oxygen atoms in total. The highest BCUT2D eigenvalue weighted by Gasteiger charge is 2.41. The number of tetrazole rings is 1. The minimum Gasteiger partial charge on any atom is -0.206 e. The topological polar surface area (TPSA) is 43.6 Å². The average Bonchev–Trinajstić information content (AvgIpc) is 3.50. The Morgan fingerprint density at radius 1 is 0.553 bits per heavy atom. The Labute approximate surface area is 230 Å². The van der Waals surface area contributed by atoms with Crippen molar-refractivity contribution in [2.24, 2.45) is 0 Å². The van der Waals surface area contributed by atoms with E-state index in [9.17, 15) is 0 Å². The van der Waals surface area contributed by atoms with Crippen molar-refractivity contribution >= 4 is 15.9 Å². The fourth-order valence-corrected chi connectivity index (χ4v) is 5.50. The highest BCUT2D eigenvalue weighted by molar-refractivity contribution is 9.08. The molecule has 0 aliphatic heterocycles. The van der Waals surface area contributed by atoms with Gasteiger partial charge in [0.05, 0.1) is 0 Å². The third-order valence-electron chi connectivity index (χ3n) is 6.92. The lowest BCUT2D eigenvalue weighted by molar-refractivity contribution is 0.451. The van der Waals surface area contributed by atoms with Crippen molar-refractivity contribution in [2.45, 2.75) is 10.9 Å². The molecular formula is C33H25BrN4. The first-order chi connectivity index (χ1) is 18.8. The van der Waals surface area contributed by atoms with E-state index in [0.29, 0.717) is 5.82 Å². The predicted molar refractivity (Wildman–Crippen MR) is 156 cm³/mol. The first-order valence-corrected chi connectivity index (χ1v) is 13.6. The molecule has 0 bridgehead atoms. The lowest BCUT2D eigenvalue weighted by atomic mass is 9.77. The van der Waals surface area contributed by atoms with Gasteiger partial charge in [-0.1, -0.05) is 149 Å². The molecule has 0 fully saturated rings. The van der Waals surface area contributed by atoms with Crippen LogP contribution in [0.3, 0.4) is 0 Å². The van der Waals surface area contributed by atoms with Crippen LogP contribution in [0.5, 0.6) is 0 Å². The lowest BCUT2D eigenvalue weighted by Crippen LogP contribution is -2.39. The number of aromatic nitrogens is 4. The predicted octanol–water partition coefficient (Wildman–Crippen LogP) is 7.74. The minimum atomic E-state index is -0.782. The Morgan fingerprint density at radius 2 is 1.08 bits per heavy atom. The molecule has 5 heteroatoms. The molecule has 0 amide bonds. The molecule has 0 N–H and O–H groups in total. The molecule has 38 heavy (non-hydrogen) atoms. The van der Waals surface area contributed by atoms with Crippen LogP contribution in [0.15, 0.2) is 140 Å². The lowest BCUT2D eigenvalue weighted by Gasteiger charge is -2.36. The van der Waals surface area contributed by atoms with E-state index in [1.165, 1.54) is 5.56 Å². The average molecular weight is 557 g/mol. The van der Waals surface area contributed by atoms with Crippen molar-refractivity contribution in [3.8, 4) is 22.5 Å². The molecule has 1 aromatic heterocycles. The molecule has 0 saturated carbocycles. The van der Waals surface area contributed by atoms with Gasteiger partial charge in [-0.05, 0) is 49.9 Å². The first kappa shape index (κ1) is 24.0. The molecule has 6 aromatic rings. The molecule has 6 rings (SSSR count). The Kier molecular flexibility index (Phi) is 6.67. The summed E-state index contributed by atoms with van der Waals surface area (Å²) in [6, 6.07) is 48.4. The molecule has 0 aliphatic rings. The second kappa shape index (κ2) is 10.6. The quantitative estimate of drug-likeness (QED) is 0.149. The van der Waals surface area contributed by atoms with Gasteiger partial charge in [0, 0.05) is 10.9 Å². The van der Waals surface area contributed by atoms with Gasteiger partial charge >= 0.3 is 0 Å². The molecule has 0 aliphatic carbocycles. The van der Waals surface area contributed by atoms with E-state index in [2.05, 4.69) is 153 Å². The summed E-state index contributed by atoms with van der Waals surface area (Å²) in [7, 11) is 0. The van der Waals surface area contributed by atoms with Gasteiger partial charge in [-0.2, -0.15) is 0 Å². The second-order valence-electron chi connectivity index (χ2n) is 9.13. The largest absolute Gasteiger partial charge is 0.206 e. The molecule has 0 atom stereocenters. The van der Waals surface area contributed by atoms with Crippen LogP contribution >= 0.6 is 15.9 Å². The maximum absolute atomic E-state index is 4.67. The summed E-state index contributed by atoms with van der Waals surface area (Å²) in [5.74, 6) is 0.695. The third-order valence-corrected chi connectivity index (χ3v) is 7.57. The zero-order valence-electron chi connectivity index (χ0n) is 20.7. The summed E-state index contributed by atoms with van der Waals surface area (Å²) in [6.45, 7) is 0. The molecule has 0 radical (unpaired) electrons. The van der Waals surface area contributed by atoms with E-state index >= 15 is 0 Å². The first-order valence-electron chi connectivity index (χ1n) is 12.5. The fraction of sp³-hybridized carbons (Fsp3) is 0.0606. The SMILES string of the molecule is BrCc1ccc(-c2cccc(-c3nnnn3C(c3ccccc3)(c3ccccc3)c3ccccc3)c2)cc1. The summed E-state index contributed by atoms with van der Waals surface area (Å²) < 4.78 is 1.97. The number of hydrogen-bond donors (Lipinski definition) is 0. The van der Waals surface area contributed by atoms with E-state index < -0.39 is 5.54 Å². The van der Waals surface area contributed by atoms with Crippen molar-refractivity contribution in [1.82, 2.24) is 20.2 Å². The van der Waals surface area contributed by atoms with E-state index in [-0.39, 0.29) is 0 Å². The van der Waals surface area contributed by atoms with E-state index in [1.54, 1.807) is 0 Å². The van der Waals surface area contributed by atoms with Gasteiger partial charge in [-0.15, -0.1) is 5.10 Å². The van der Waals surface area contributed by atoms with Crippen molar-refractivity contribution in [3.05, 3.63) is 162 Å². The molecule has 0 unspecified atom stereocenters. The van der Waals surface area contributed by atoms with Crippen LogP contribution in [0, 0.1) is 0 Å². The van der Waals surface area contributed by atoms with Crippen LogP contribution in [-0.2, 0) is 10.9 Å². The Bertz CT molecular complexity index is 1530. The van der Waals surface area contributed by atoms with Gasteiger partial charge < -0.3 is 0 Å². The number of rotatable bonds is 7. The zero-order valence-corrected chi connectivity index (χ0v) is 22.2. The maximum Gasteiger partial charge on any atom is 0.183 e. The van der Waals surface area contributed by atoms with E-state index in [1.807, 2.05) is 22.9 Å². The highest BCUT2D eigenvalue weighted by Crippen LogP contribution is 2.42. The highest BCUT2D eigenvalue weighted by atomic mass is 79.9. The van der Waals surface area contributed by atoms with Crippen LogP contribution in [0.2, 0.25) is 0 Å². The number of nitrogens with zero attached hydrogens (tertiary/aromatic N) is 4. The van der Waals surface area contributed by atoms with Crippen LogP contribution in [-0.4, -0.2) is 20.2 Å². The van der Waals surface area contributed by atoms with Gasteiger partial charge in [-0.3, -0.25) is 0 Å². The monoisotopic (exact) mass is 556 g/mol. The summed E-state index contributed by atoms with van der Waals surface area (Å²) >= 11 is 3.54. The second-order valence-corrected chi connectivity index (χ2v) is 9.69. The summed E-state index contributed by atoms with van der Waals surface area (Å²) in [4.78, 5) is 0. The van der Waals surface area contributed by atoms with E-state index in [4.69, 9.17) is 0 Å². The van der Waals surface area contributed by atoms with Gasteiger partial charge in [0.1, 0.15) is 5.54 Å². The van der Waals surface area contributed by atoms with Crippen molar-refractivity contribution in [2.75, 3.05) is 0 Å². The fourth-order valence-electron chi connectivity index (χ4n) is 5.12. The number of halogens is 1. The molecule has 184 valence electrons. The molecule has 0 spiro atoms. The van der Waals surface area contributed by atoms with Gasteiger partial charge in [0.2, 0.25) is 0 Å². The van der Waals surface area contributed by atoms with Gasteiger partial charge in [-0.25, -0.2) is 4.68 Å². The number of benzene rings is 5. The normalized spacial score (nSPS) is 11.4.